The standard InChI is InChI=1S/C13H12BrF3N2O2/c1-7(14)5-10(11(18)20)19-12(21)8-3-2-4-9(6-8)13(15,16)17/h2-4,6,10H,1,5H2,(H2,18,20)(H,19,21)/t10-/m0/s1. The fraction of sp³-hybridized carbons (Fsp3) is 0.231. The lowest BCUT2D eigenvalue weighted by atomic mass is 10.1. The summed E-state index contributed by atoms with van der Waals surface area (Å²) in [6.07, 6.45) is -4.51. The highest BCUT2D eigenvalue weighted by molar-refractivity contribution is 9.11. The number of alkyl halides is 3. The number of benzene rings is 1. The van der Waals surface area contributed by atoms with E-state index in [-0.39, 0.29) is 12.0 Å². The molecule has 0 unspecified atom stereocenters. The van der Waals surface area contributed by atoms with Crippen molar-refractivity contribution >= 4 is 27.7 Å². The van der Waals surface area contributed by atoms with Gasteiger partial charge >= 0.3 is 6.18 Å². The lowest BCUT2D eigenvalue weighted by Gasteiger charge is -2.15. The Hall–Kier alpha value is -1.83. The Labute approximate surface area is 127 Å². The van der Waals surface area contributed by atoms with E-state index in [1.54, 1.807) is 0 Å². The lowest BCUT2D eigenvalue weighted by molar-refractivity contribution is -0.137. The Kier molecular flexibility index (Phi) is 5.54. The van der Waals surface area contributed by atoms with Crippen LogP contribution in [0.4, 0.5) is 13.2 Å². The summed E-state index contributed by atoms with van der Waals surface area (Å²) < 4.78 is 38.1. The molecule has 0 aromatic heterocycles. The van der Waals surface area contributed by atoms with E-state index in [2.05, 4.69) is 27.8 Å². The average Bonchev–Trinajstić information content (AvgIpc) is 2.36. The first-order chi connectivity index (χ1) is 9.61. The predicted molar refractivity (Wildman–Crippen MR) is 74.6 cm³/mol. The van der Waals surface area contributed by atoms with Gasteiger partial charge in [-0.15, -0.1) is 0 Å². The number of nitrogens with two attached hydrogens (primary N) is 1. The van der Waals surface area contributed by atoms with Gasteiger partial charge in [0.05, 0.1) is 5.56 Å². The topological polar surface area (TPSA) is 72.2 Å². The van der Waals surface area contributed by atoms with E-state index in [1.807, 2.05) is 0 Å². The second kappa shape index (κ2) is 6.75. The summed E-state index contributed by atoms with van der Waals surface area (Å²) in [7, 11) is 0. The summed E-state index contributed by atoms with van der Waals surface area (Å²) in [6.45, 7) is 3.51. The van der Waals surface area contributed by atoms with Gasteiger partial charge in [-0.3, -0.25) is 9.59 Å². The molecule has 3 N–H and O–H groups in total. The number of carbonyl (C=O) groups is 2. The molecule has 0 saturated carbocycles. The van der Waals surface area contributed by atoms with E-state index in [1.165, 1.54) is 6.07 Å². The molecule has 0 aliphatic carbocycles. The molecule has 1 rings (SSSR count). The Morgan fingerprint density at radius 3 is 2.48 bits per heavy atom. The highest BCUT2D eigenvalue weighted by Gasteiger charge is 2.31. The van der Waals surface area contributed by atoms with Crippen molar-refractivity contribution in [1.29, 1.82) is 0 Å². The van der Waals surface area contributed by atoms with E-state index in [0.29, 0.717) is 10.5 Å². The highest BCUT2D eigenvalue weighted by Crippen LogP contribution is 2.29. The molecule has 4 nitrogen and oxygen atoms in total. The van der Waals surface area contributed by atoms with Crippen molar-refractivity contribution in [3.8, 4) is 0 Å². The number of primary amides is 1. The Bertz CT molecular complexity index is 573. The minimum Gasteiger partial charge on any atom is -0.368 e. The second-order valence-electron chi connectivity index (χ2n) is 4.23. The van der Waals surface area contributed by atoms with Gasteiger partial charge in [0, 0.05) is 12.0 Å². The second-order valence-corrected chi connectivity index (χ2v) is 5.35. The number of carbonyl (C=O) groups excluding carboxylic acids is 2. The third-order valence-electron chi connectivity index (χ3n) is 2.53. The van der Waals surface area contributed by atoms with Gasteiger partial charge < -0.3 is 11.1 Å². The smallest absolute Gasteiger partial charge is 0.368 e. The first-order valence-electron chi connectivity index (χ1n) is 5.72. The lowest BCUT2D eigenvalue weighted by Crippen LogP contribution is -2.44. The summed E-state index contributed by atoms with van der Waals surface area (Å²) in [5, 5.41) is 2.27. The average molecular weight is 365 g/mol. The highest BCUT2D eigenvalue weighted by atomic mass is 79.9. The predicted octanol–water partition coefficient (Wildman–Crippen LogP) is 2.59. The fourth-order valence-electron chi connectivity index (χ4n) is 1.52. The minimum absolute atomic E-state index is 0.0417. The molecular formula is C13H12BrF3N2O2. The van der Waals surface area contributed by atoms with Gasteiger partial charge in [-0.2, -0.15) is 13.2 Å². The van der Waals surface area contributed by atoms with Crippen LogP contribution in [-0.2, 0) is 11.0 Å². The van der Waals surface area contributed by atoms with Crippen LogP contribution in [0.25, 0.3) is 0 Å². The van der Waals surface area contributed by atoms with Crippen LogP contribution < -0.4 is 11.1 Å². The monoisotopic (exact) mass is 364 g/mol. The van der Waals surface area contributed by atoms with Gasteiger partial charge in [-0.25, -0.2) is 0 Å². The summed E-state index contributed by atoms with van der Waals surface area (Å²) in [4.78, 5) is 23.1. The van der Waals surface area contributed by atoms with Gasteiger partial charge in [0.15, 0.2) is 0 Å². The van der Waals surface area contributed by atoms with Crippen molar-refractivity contribution in [3.63, 3.8) is 0 Å². The van der Waals surface area contributed by atoms with Gasteiger partial charge in [0.25, 0.3) is 5.91 Å². The normalized spacial score (nSPS) is 12.6. The summed E-state index contributed by atoms with van der Waals surface area (Å²) in [6, 6.07) is 2.82. The Morgan fingerprint density at radius 1 is 1.38 bits per heavy atom. The third-order valence-corrected chi connectivity index (χ3v) is 2.85. The Balaban J connectivity index is 2.93. The van der Waals surface area contributed by atoms with E-state index < -0.39 is 29.6 Å². The molecule has 114 valence electrons. The van der Waals surface area contributed by atoms with Crippen LogP contribution >= 0.6 is 15.9 Å². The van der Waals surface area contributed by atoms with Crippen molar-refractivity contribution in [3.05, 3.63) is 46.5 Å². The van der Waals surface area contributed by atoms with Crippen molar-refractivity contribution in [1.82, 2.24) is 5.32 Å². The van der Waals surface area contributed by atoms with Gasteiger partial charge in [0.1, 0.15) is 6.04 Å². The van der Waals surface area contributed by atoms with Crippen molar-refractivity contribution in [2.45, 2.75) is 18.6 Å². The maximum Gasteiger partial charge on any atom is 0.416 e. The zero-order valence-corrected chi connectivity index (χ0v) is 12.3. The molecular weight excluding hydrogens is 353 g/mol. The van der Waals surface area contributed by atoms with E-state index in [4.69, 9.17) is 5.73 Å². The number of hydrogen-bond acceptors (Lipinski definition) is 2. The van der Waals surface area contributed by atoms with Gasteiger partial charge in [-0.05, 0) is 22.7 Å². The number of hydrogen-bond donors (Lipinski definition) is 2. The zero-order valence-electron chi connectivity index (χ0n) is 10.7. The van der Waals surface area contributed by atoms with Gasteiger partial charge in [0.2, 0.25) is 5.91 Å². The fourth-order valence-corrected chi connectivity index (χ4v) is 1.85. The van der Waals surface area contributed by atoms with Crippen LogP contribution in [0, 0.1) is 0 Å². The summed E-state index contributed by atoms with van der Waals surface area (Å²) >= 11 is 3.02. The number of nitrogens with one attached hydrogen (secondary N) is 1. The van der Waals surface area contributed by atoms with Gasteiger partial charge in [-0.1, -0.05) is 28.6 Å². The molecule has 0 aliphatic heterocycles. The Morgan fingerprint density at radius 2 is 2.00 bits per heavy atom. The molecule has 0 radical (unpaired) electrons. The first kappa shape index (κ1) is 17.2. The molecule has 0 aliphatic rings. The van der Waals surface area contributed by atoms with E-state index in [9.17, 15) is 22.8 Å². The van der Waals surface area contributed by atoms with Crippen LogP contribution in [0.1, 0.15) is 22.3 Å². The molecule has 1 atom stereocenters. The summed E-state index contributed by atoms with van der Waals surface area (Å²) in [5.74, 6) is -1.63. The molecule has 0 fully saturated rings. The molecule has 2 amide bonds. The van der Waals surface area contributed by atoms with Crippen LogP contribution in [0.2, 0.25) is 0 Å². The largest absolute Gasteiger partial charge is 0.416 e. The molecule has 1 aromatic carbocycles. The van der Waals surface area contributed by atoms with Crippen molar-refractivity contribution in [2.24, 2.45) is 5.73 Å². The maximum atomic E-state index is 12.6. The molecule has 0 saturated heterocycles. The SMILES string of the molecule is C=C(Br)C[C@H](NC(=O)c1cccc(C(F)(F)F)c1)C(N)=O. The van der Waals surface area contributed by atoms with Crippen molar-refractivity contribution < 1.29 is 22.8 Å². The van der Waals surface area contributed by atoms with E-state index in [0.717, 1.165) is 12.1 Å². The van der Waals surface area contributed by atoms with Crippen LogP contribution in [0.15, 0.2) is 35.3 Å². The molecule has 0 bridgehead atoms. The van der Waals surface area contributed by atoms with E-state index >= 15 is 0 Å². The molecule has 0 heterocycles. The minimum atomic E-state index is -4.55. The molecule has 0 spiro atoms. The van der Waals surface area contributed by atoms with Crippen LogP contribution in [-0.4, -0.2) is 17.9 Å². The number of amides is 2. The number of rotatable bonds is 5. The van der Waals surface area contributed by atoms with Crippen LogP contribution in [0.5, 0.6) is 0 Å². The summed E-state index contributed by atoms with van der Waals surface area (Å²) in [5.41, 5.74) is 3.95. The third kappa shape index (κ3) is 5.22. The quantitative estimate of drug-likeness (QED) is 0.842. The number of halogens is 4. The molecule has 1 aromatic rings. The van der Waals surface area contributed by atoms with Crippen molar-refractivity contribution in [2.75, 3.05) is 0 Å². The zero-order chi connectivity index (χ0) is 16.2. The first-order valence-corrected chi connectivity index (χ1v) is 6.51. The molecule has 8 heteroatoms. The van der Waals surface area contributed by atoms with Crippen LogP contribution in [0.3, 0.4) is 0 Å². The molecule has 21 heavy (non-hydrogen) atoms. The maximum absolute atomic E-state index is 12.6.